The molecule has 20 heavy (non-hydrogen) atoms. The third-order valence-corrected chi connectivity index (χ3v) is 4.74. The number of alkyl halides is 1. The average molecular weight is 305 g/mol. The highest BCUT2D eigenvalue weighted by molar-refractivity contribution is 6.17. The molecule has 0 aromatic rings. The van der Waals surface area contributed by atoms with Crippen LogP contribution >= 0.6 is 11.6 Å². The maximum atomic E-state index is 5.98. The van der Waals surface area contributed by atoms with E-state index in [0.717, 1.165) is 5.88 Å². The topological polar surface area (TPSA) is 0 Å². The van der Waals surface area contributed by atoms with Crippen molar-refractivity contribution in [1.29, 1.82) is 0 Å². The molecule has 0 aliphatic carbocycles. The van der Waals surface area contributed by atoms with Crippen LogP contribution in [0.25, 0.3) is 0 Å². The van der Waals surface area contributed by atoms with E-state index in [-0.39, 0.29) is 0 Å². The van der Waals surface area contributed by atoms with E-state index in [1.54, 1.807) is 0 Å². The minimum absolute atomic E-state index is 0.829. The first-order chi connectivity index (χ1) is 9.74. The second-order valence-electron chi connectivity index (χ2n) is 6.40. The predicted molar refractivity (Wildman–Crippen MR) is 93.6 cm³/mol. The van der Waals surface area contributed by atoms with Gasteiger partial charge in [0.15, 0.2) is 0 Å². The maximum Gasteiger partial charge on any atom is 0.0798 e. The summed E-state index contributed by atoms with van der Waals surface area (Å²) in [5.74, 6) is 0.829. The largest absolute Gasteiger partial charge is 0.324 e. The van der Waals surface area contributed by atoms with Crippen LogP contribution in [0.3, 0.4) is 0 Å². The molecule has 122 valence electrons. The second kappa shape index (κ2) is 14.2. The van der Waals surface area contributed by atoms with Crippen molar-refractivity contribution in [2.24, 2.45) is 0 Å². The maximum absolute atomic E-state index is 5.98. The molecule has 0 atom stereocenters. The molecular formula is C18H39ClN+. The summed E-state index contributed by atoms with van der Waals surface area (Å²) >= 11 is 5.98. The van der Waals surface area contributed by atoms with Gasteiger partial charge in [-0.15, -0.1) is 11.6 Å². The molecule has 0 aliphatic heterocycles. The van der Waals surface area contributed by atoms with Crippen LogP contribution in [0.15, 0.2) is 0 Å². The summed E-state index contributed by atoms with van der Waals surface area (Å²) in [6.45, 7) is 12.4. The lowest BCUT2D eigenvalue weighted by atomic mass is 10.1. The van der Waals surface area contributed by atoms with E-state index in [2.05, 4.69) is 20.8 Å². The van der Waals surface area contributed by atoms with Gasteiger partial charge < -0.3 is 4.48 Å². The van der Waals surface area contributed by atoms with Gasteiger partial charge in [0, 0.05) is 12.3 Å². The Bertz CT molecular complexity index is 167. The molecule has 0 saturated heterocycles. The molecule has 0 N–H and O–H groups in total. The van der Waals surface area contributed by atoms with Crippen LogP contribution in [-0.4, -0.2) is 36.5 Å². The van der Waals surface area contributed by atoms with E-state index in [9.17, 15) is 0 Å². The number of quaternary nitrogens is 1. The normalized spacial score (nSPS) is 12.0. The summed E-state index contributed by atoms with van der Waals surface area (Å²) in [7, 11) is 0. The van der Waals surface area contributed by atoms with E-state index < -0.39 is 0 Å². The quantitative estimate of drug-likeness (QED) is 0.198. The first-order valence-corrected chi connectivity index (χ1v) is 9.69. The SMILES string of the molecule is CCCCC[N+](CCCCl)(CCCCC)CCCCC. The van der Waals surface area contributed by atoms with Crippen molar-refractivity contribution < 1.29 is 4.48 Å². The van der Waals surface area contributed by atoms with E-state index >= 15 is 0 Å². The summed E-state index contributed by atoms with van der Waals surface area (Å²) in [6.07, 6.45) is 13.6. The van der Waals surface area contributed by atoms with E-state index in [4.69, 9.17) is 11.6 Å². The molecule has 1 nitrogen and oxygen atoms in total. The van der Waals surface area contributed by atoms with Crippen LogP contribution in [0.2, 0.25) is 0 Å². The molecule has 0 radical (unpaired) electrons. The van der Waals surface area contributed by atoms with Gasteiger partial charge >= 0.3 is 0 Å². The molecule has 0 aliphatic rings. The second-order valence-corrected chi connectivity index (χ2v) is 6.78. The molecule has 0 amide bonds. The lowest BCUT2D eigenvalue weighted by Crippen LogP contribution is -2.51. The summed E-state index contributed by atoms with van der Waals surface area (Å²) in [5, 5.41) is 0. The van der Waals surface area contributed by atoms with Crippen molar-refractivity contribution in [2.45, 2.75) is 85.0 Å². The molecule has 2 heteroatoms. The highest BCUT2D eigenvalue weighted by Crippen LogP contribution is 2.17. The van der Waals surface area contributed by atoms with Crippen LogP contribution in [0, 0.1) is 0 Å². The number of nitrogens with zero attached hydrogens (tertiary/aromatic N) is 1. The Kier molecular flexibility index (Phi) is 14.4. The van der Waals surface area contributed by atoms with Crippen molar-refractivity contribution >= 4 is 11.6 Å². The molecule has 0 bridgehead atoms. The van der Waals surface area contributed by atoms with Crippen LogP contribution in [0.5, 0.6) is 0 Å². The van der Waals surface area contributed by atoms with Crippen LogP contribution in [-0.2, 0) is 0 Å². The van der Waals surface area contributed by atoms with Gasteiger partial charge in [0.25, 0.3) is 0 Å². The van der Waals surface area contributed by atoms with Crippen LogP contribution in [0.1, 0.15) is 85.0 Å². The smallest absolute Gasteiger partial charge is 0.0798 e. The fourth-order valence-electron chi connectivity index (χ4n) is 3.16. The third kappa shape index (κ3) is 10.0. The molecule has 0 spiro atoms. The van der Waals surface area contributed by atoms with Gasteiger partial charge in [0.05, 0.1) is 26.2 Å². The Morgan fingerprint density at radius 3 is 1.20 bits per heavy atom. The van der Waals surface area contributed by atoms with E-state index in [1.807, 2.05) is 0 Å². The summed E-state index contributed by atoms with van der Waals surface area (Å²) < 4.78 is 1.35. The third-order valence-electron chi connectivity index (χ3n) is 4.47. The lowest BCUT2D eigenvalue weighted by molar-refractivity contribution is -0.928. The Morgan fingerprint density at radius 1 is 0.550 bits per heavy atom. The highest BCUT2D eigenvalue weighted by atomic mass is 35.5. The van der Waals surface area contributed by atoms with Crippen molar-refractivity contribution in [1.82, 2.24) is 0 Å². The molecule has 0 saturated carbocycles. The molecule has 0 aromatic carbocycles. The Balaban J connectivity index is 4.48. The molecule has 0 fully saturated rings. The minimum atomic E-state index is 0.829. The lowest BCUT2D eigenvalue weighted by Gasteiger charge is -2.39. The van der Waals surface area contributed by atoms with Gasteiger partial charge in [-0.05, 0) is 38.5 Å². The van der Waals surface area contributed by atoms with Gasteiger partial charge in [-0.25, -0.2) is 0 Å². The fraction of sp³-hybridized carbons (Fsp3) is 1.00. The number of hydrogen-bond donors (Lipinski definition) is 0. The van der Waals surface area contributed by atoms with Crippen LogP contribution < -0.4 is 0 Å². The van der Waals surface area contributed by atoms with E-state index in [1.165, 1.54) is 94.9 Å². The number of rotatable bonds is 15. The summed E-state index contributed by atoms with van der Waals surface area (Å²) in [6, 6.07) is 0. The summed E-state index contributed by atoms with van der Waals surface area (Å²) in [4.78, 5) is 0. The summed E-state index contributed by atoms with van der Waals surface area (Å²) in [5.41, 5.74) is 0. The fourth-order valence-corrected chi connectivity index (χ4v) is 3.28. The number of hydrogen-bond acceptors (Lipinski definition) is 0. The number of unbranched alkanes of at least 4 members (excludes halogenated alkanes) is 6. The zero-order valence-electron chi connectivity index (χ0n) is 14.4. The van der Waals surface area contributed by atoms with Gasteiger partial charge in [0.1, 0.15) is 0 Å². The molecular weight excluding hydrogens is 266 g/mol. The van der Waals surface area contributed by atoms with Gasteiger partial charge in [-0.2, -0.15) is 0 Å². The van der Waals surface area contributed by atoms with E-state index in [0.29, 0.717) is 0 Å². The van der Waals surface area contributed by atoms with Gasteiger partial charge in [-0.1, -0.05) is 40.0 Å². The molecule has 0 rings (SSSR count). The first-order valence-electron chi connectivity index (χ1n) is 9.15. The molecule has 0 heterocycles. The Hall–Kier alpha value is 0.250. The van der Waals surface area contributed by atoms with Gasteiger partial charge in [0.2, 0.25) is 0 Å². The molecule has 0 unspecified atom stereocenters. The highest BCUT2D eigenvalue weighted by Gasteiger charge is 2.25. The Labute approximate surface area is 133 Å². The average Bonchev–Trinajstić information content (AvgIpc) is 2.46. The number of halogens is 1. The monoisotopic (exact) mass is 304 g/mol. The van der Waals surface area contributed by atoms with Crippen molar-refractivity contribution in [3.05, 3.63) is 0 Å². The van der Waals surface area contributed by atoms with Crippen LogP contribution in [0.4, 0.5) is 0 Å². The zero-order chi connectivity index (χ0) is 15.1. The minimum Gasteiger partial charge on any atom is -0.324 e. The van der Waals surface area contributed by atoms with Crippen molar-refractivity contribution in [2.75, 3.05) is 32.1 Å². The Morgan fingerprint density at radius 2 is 0.900 bits per heavy atom. The van der Waals surface area contributed by atoms with Gasteiger partial charge in [-0.3, -0.25) is 0 Å². The standard InChI is InChI=1S/C18H39ClN/c1-4-7-10-15-20(18-13-14-19,16-11-8-5-2)17-12-9-6-3/h4-18H2,1-3H3/q+1. The van der Waals surface area contributed by atoms with Crippen molar-refractivity contribution in [3.8, 4) is 0 Å². The predicted octanol–water partition coefficient (Wildman–Crippen LogP) is 6.00. The van der Waals surface area contributed by atoms with Crippen molar-refractivity contribution in [3.63, 3.8) is 0 Å². The molecule has 0 aromatic heterocycles. The first kappa shape index (κ1) is 20.2. The zero-order valence-corrected chi connectivity index (χ0v) is 15.2.